The van der Waals surface area contributed by atoms with E-state index in [1.807, 2.05) is 12.1 Å². The maximum absolute atomic E-state index is 9.73. The monoisotopic (exact) mass is 302 g/mol. The topological polar surface area (TPSA) is 58.6 Å². The molecule has 1 aliphatic rings. The van der Waals surface area contributed by atoms with Crippen LogP contribution in [0.1, 0.15) is 18.4 Å². The van der Waals surface area contributed by atoms with Crippen LogP contribution >= 0.6 is 22.6 Å². The summed E-state index contributed by atoms with van der Waals surface area (Å²) in [6.45, 7) is 0. The molecule has 1 aliphatic carbocycles. The first-order valence-electron chi connectivity index (χ1n) is 4.49. The fraction of sp³-hybridized carbons (Fsp3) is 0.300. The molecule has 0 radical (unpaired) electrons. The molecular weight excluding hydrogens is 291 g/mol. The van der Waals surface area contributed by atoms with Gasteiger partial charge in [0.25, 0.3) is 0 Å². The predicted molar refractivity (Wildman–Crippen MR) is 64.6 cm³/mol. The van der Waals surface area contributed by atoms with Crippen LogP contribution in [-0.2, 0) is 0 Å². The molecule has 0 atom stereocenters. The van der Waals surface area contributed by atoms with Gasteiger partial charge in [-0.3, -0.25) is 4.99 Å². The lowest BCUT2D eigenvalue weighted by atomic mass is 10.2. The van der Waals surface area contributed by atoms with Gasteiger partial charge in [-0.25, -0.2) is 0 Å². The smallest absolute Gasteiger partial charge is 0.139 e. The molecule has 14 heavy (non-hydrogen) atoms. The van der Waals surface area contributed by atoms with Crippen LogP contribution < -0.4 is 5.73 Å². The van der Waals surface area contributed by atoms with Crippen molar-refractivity contribution >= 4 is 28.4 Å². The average Bonchev–Trinajstić information content (AvgIpc) is 2.93. The standard InChI is InChI=1S/C10H11IN2O/c11-8-3-1-2-7(9(8)14)10(12)13-6-4-5-6/h1-3,6,14H,4-5H2,(H2,12,13). The van der Waals surface area contributed by atoms with Gasteiger partial charge in [0.1, 0.15) is 11.6 Å². The third-order valence-electron chi connectivity index (χ3n) is 2.13. The minimum atomic E-state index is 0.231. The van der Waals surface area contributed by atoms with Crippen molar-refractivity contribution in [2.24, 2.45) is 10.7 Å². The highest BCUT2D eigenvalue weighted by Gasteiger charge is 2.21. The summed E-state index contributed by atoms with van der Waals surface area (Å²) < 4.78 is 0.800. The predicted octanol–water partition coefficient (Wildman–Crippen LogP) is 1.86. The number of phenolic OH excluding ortho intramolecular Hbond substituents is 1. The summed E-state index contributed by atoms with van der Waals surface area (Å²) in [5.41, 5.74) is 6.43. The molecule has 1 aromatic rings. The van der Waals surface area contributed by atoms with Crippen molar-refractivity contribution in [2.75, 3.05) is 0 Å². The van der Waals surface area contributed by atoms with Crippen molar-refractivity contribution in [1.82, 2.24) is 0 Å². The van der Waals surface area contributed by atoms with Crippen LogP contribution in [0.25, 0.3) is 0 Å². The Kier molecular flexibility index (Phi) is 2.62. The third-order valence-corrected chi connectivity index (χ3v) is 3.00. The lowest BCUT2D eigenvalue weighted by Crippen LogP contribution is -2.14. The van der Waals surface area contributed by atoms with E-state index < -0.39 is 0 Å². The fourth-order valence-corrected chi connectivity index (χ4v) is 1.69. The van der Waals surface area contributed by atoms with E-state index >= 15 is 0 Å². The fourth-order valence-electron chi connectivity index (χ4n) is 1.19. The molecule has 0 unspecified atom stereocenters. The molecule has 0 amide bonds. The van der Waals surface area contributed by atoms with Crippen molar-refractivity contribution in [3.63, 3.8) is 0 Å². The van der Waals surface area contributed by atoms with E-state index in [9.17, 15) is 5.11 Å². The second kappa shape index (κ2) is 3.76. The normalized spacial score (nSPS) is 17.1. The van der Waals surface area contributed by atoms with E-state index in [0.29, 0.717) is 17.4 Å². The van der Waals surface area contributed by atoms with E-state index in [0.717, 1.165) is 16.4 Å². The quantitative estimate of drug-likeness (QED) is 0.498. The van der Waals surface area contributed by atoms with E-state index in [1.54, 1.807) is 6.07 Å². The first kappa shape index (κ1) is 9.76. The maximum atomic E-state index is 9.73. The Morgan fingerprint density at radius 3 is 2.86 bits per heavy atom. The Hall–Kier alpha value is -0.780. The van der Waals surface area contributed by atoms with Gasteiger partial charge in [-0.2, -0.15) is 0 Å². The number of phenols is 1. The summed E-state index contributed by atoms with van der Waals surface area (Å²) in [6.07, 6.45) is 2.23. The van der Waals surface area contributed by atoms with Crippen molar-refractivity contribution in [1.29, 1.82) is 0 Å². The Labute approximate surface area is 96.2 Å². The van der Waals surface area contributed by atoms with Gasteiger partial charge in [-0.05, 0) is 47.6 Å². The first-order chi connectivity index (χ1) is 6.68. The van der Waals surface area contributed by atoms with Gasteiger partial charge in [0.05, 0.1) is 15.2 Å². The molecule has 0 aliphatic heterocycles. The van der Waals surface area contributed by atoms with Crippen LogP contribution in [0.4, 0.5) is 0 Å². The number of benzene rings is 1. The van der Waals surface area contributed by atoms with Gasteiger partial charge in [-0.15, -0.1) is 0 Å². The lowest BCUT2D eigenvalue weighted by Gasteiger charge is -2.05. The minimum absolute atomic E-state index is 0.231. The summed E-state index contributed by atoms with van der Waals surface area (Å²) in [7, 11) is 0. The number of rotatable bonds is 2. The maximum Gasteiger partial charge on any atom is 0.139 e. The molecule has 1 saturated carbocycles. The lowest BCUT2D eigenvalue weighted by molar-refractivity contribution is 0.470. The van der Waals surface area contributed by atoms with Crippen molar-refractivity contribution in [2.45, 2.75) is 18.9 Å². The van der Waals surface area contributed by atoms with Crippen LogP contribution in [0.3, 0.4) is 0 Å². The van der Waals surface area contributed by atoms with Crippen molar-refractivity contribution < 1.29 is 5.11 Å². The second-order valence-corrected chi connectivity index (χ2v) is 4.54. The molecule has 74 valence electrons. The van der Waals surface area contributed by atoms with Crippen LogP contribution in [0.15, 0.2) is 23.2 Å². The van der Waals surface area contributed by atoms with Crippen molar-refractivity contribution in [3.05, 3.63) is 27.3 Å². The average molecular weight is 302 g/mol. The zero-order valence-corrected chi connectivity index (χ0v) is 9.73. The van der Waals surface area contributed by atoms with Crippen LogP contribution in [0.2, 0.25) is 0 Å². The van der Waals surface area contributed by atoms with E-state index in [-0.39, 0.29) is 5.75 Å². The van der Waals surface area contributed by atoms with Gasteiger partial charge in [0.15, 0.2) is 0 Å². The van der Waals surface area contributed by atoms with Crippen LogP contribution in [0, 0.1) is 3.57 Å². The van der Waals surface area contributed by atoms with Crippen LogP contribution in [-0.4, -0.2) is 17.0 Å². The molecule has 0 aromatic heterocycles. The molecule has 2 rings (SSSR count). The largest absolute Gasteiger partial charge is 0.506 e. The van der Waals surface area contributed by atoms with Gasteiger partial charge in [0, 0.05) is 0 Å². The summed E-state index contributed by atoms with van der Waals surface area (Å²) in [5.74, 6) is 0.679. The molecule has 0 spiro atoms. The van der Waals surface area contributed by atoms with E-state index in [1.165, 1.54) is 0 Å². The number of nitrogens with two attached hydrogens (primary N) is 1. The van der Waals surface area contributed by atoms with Gasteiger partial charge in [0.2, 0.25) is 0 Å². The van der Waals surface area contributed by atoms with Crippen LogP contribution in [0.5, 0.6) is 5.75 Å². The number of aliphatic imine (C=N–C) groups is 1. The SMILES string of the molecule is NC(=NC1CC1)c1cccc(I)c1O. The second-order valence-electron chi connectivity index (χ2n) is 3.38. The Morgan fingerprint density at radius 1 is 1.50 bits per heavy atom. The molecule has 0 saturated heterocycles. The molecule has 4 heteroatoms. The van der Waals surface area contributed by atoms with Gasteiger partial charge >= 0.3 is 0 Å². The summed E-state index contributed by atoms with van der Waals surface area (Å²) in [5, 5.41) is 9.73. The first-order valence-corrected chi connectivity index (χ1v) is 5.57. The Bertz CT molecular complexity index is 386. The number of para-hydroxylation sites is 1. The highest BCUT2D eigenvalue weighted by atomic mass is 127. The molecule has 0 bridgehead atoms. The van der Waals surface area contributed by atoms with Crippen molar-refractivity contribution in [3.8, 4) is 5.75 Å². The number of amidine groups is 1. The van der Waals surface area contributed by atoms with Gasteiger partial charge in [-0.1, -0.05) is 6.07 Å². The molecular formula is C10H11IN2O. The van der Waals surface area contributed by atoms with E-state index in [4.69, 9.17) is 5.73 Å². The Balaban J connectivity index is 2.35. The summed E-state index contributed by atoms with van der Waals surface area (Å²) >= 11 is 2.07. The zero-order chi connectivity index (χ0) is 10.1. The minimum Gasteiger partial charge on any atom is -0.506 e. The number of halogens is 1. The molecule has 0 heterocycles. The molecule has 1 fully saturated rings. The summed E-state index contributed by atoms with van der Waals surface area (Å²) in [6, 6.07) is 5.88. The highest BCUT2D eigenvalue weighted by Crippen LogP contribution is 2.27. The number of hydrogen-bond donors (Lipinski definition) is 2. The highest BCUT2D eigenvalue weighted by molar-refractivity contribution is 14.1. The molecule has 3 N–H and O–H groups in total. The Morgan fingerprint density at radius 2 is 2.21 bits per heavy atom. The summed E-state index contributed by atoms with van der Waals surface area (Å²) in [4.78, 5) is 4.29. The molecule has 1 aromatic carbocycles. The van der Waals surface area contributed by atoms with Gasteiger partial charge < -0.3 is 10.8 Å². The zero-order valence-electron chi connectivity index (χ0n) is 7.57. The number of nitrogens with zero attached hydrogens (tertiary/aromatic N) is 1. The number of aromatic hydroxyl groups is 1. The number of hydrogen-bond acceptors (Lipinski definition) is 2. The third kappa shape index (κ3) is 2.00. The van der Waals surface area contributed by atoms with E-state index in [2.05, 4.69) is 27.6 Å². The molecule has 3 nitrogen and oxygen atoms in total.